The normalized spacial score (nSPS) is 10.9. The van der Waals surface area contributed by atoms with Gasteiger partial charge in [-0.2, -0.15) is 0 Å². The number of hydrogen-bond donors (Lipinski definition) is 0. The lowest BCUT2D eigenvalue weighted by atomic mass is 10.2. The minimum atomic E-state index is -0.233. The first kappa shape index (κ1) is 13.2. The lowest BCUT2D eigenvalue weighted by Gasteiger charge is -2.08. The van der Waals surface area contributed by atoms with Crippen molar-refractivity contribution in [2.45, 2.75) is 6.54 Å². The Balaban J connectivity index is 2.03. The molecule has 1 heterocycles. The van der Waals surface area contributed by atoms with Crippen LogP contribution in [-0.4, -0.2) is 11.7 Å². The van der Waals surface area contributed by atoms with Crippen molar-refractivity contribution in [3.05, 3.63) is 64.5 Å². The van der Waals surface area contributed by atoms with Crippen LogP contribution in [-0.2, 0) is 6.54 Å². The van der Waals surface area contributed by atoms with E-state index in [1.807, 2.05) is 36.5 Å². The third-order valence-corrected chi connectivity index (χ3v) is 3.73. The minimum Gasteiger partial charge on any atom is -0.496 e. The van der Waals surface area contributed by atoms with Gasteiger partial charge in [-0.25, -0.2) is 4.39 Å². The van der Waals surface area contributed by atoms with E-state index in [2.05, 4.69) is 20.5 Å². The molecule has 20 heavy (non-hydrogen) atoms. The molecule has 0 N–H and O–H groups in total. The molecular formula is C16H13BrFNO. The smallest absolute Gasteiger partial charge is 0.128 e. The number of halogens is 2. The predicted octanol–water partition coefficient (Wildman–Crippen LogP) is 4.60. The lowest BCUT2D eigenvalue weighted by Crippen LogP contribution is -1.98. The van der Waals surface area contributed by atoms with Crippen LogP contribution in [0.4, 0.5) is 4.39 Å². The fourth-order valence-corrected chi connectivity index (χ4v) is 2.92. The largest absolute Gasteiger partial charge is 0.496 e. The van der Waals surface area contributed by atoms with Gasteiger partial charge in [-0.15, -0.1) is 0 Å². The molecule has 0 aliphatic heterocycles. The van der Waals surface area contributed by atoms with E-state index in [1.54, 1.807) is 13.2 Å². The van der Waals surface area contributed by atoms with Crippen molar-refractivity contribution in [1.29, 1.82) is 0 Å². The second-order valence-electron chi connectivity index (χ2n) is 4.61. The molecule has 0 unspecified atom stereocenters. The van der Waals surface area contributed by atoms with E-state index < -0.39 is 0 Å². The molecule has 0 aliphatic carbocycles. The Hall–Kier alpha value is -1.81. The van der Waals surface area contributed by atoms with Crippen LogP contribution in [0.1, 0.15) is 5.56 Å². The maximum atomic E-state index is 13.4. The molecule has 3 rings (SSSR count). The Labute approximate surface area is 124 Å². The topological polar surface area (TPSA) is 14.2 Å². The Bertz CT molecular complexity index is 746. The van der Waals surface area contributed by atoms with Gasteiger partial charge < -0.3 is 9.30 Å². The summed E-state index contributed by atoms with van der Waals surface area (Å²) in [6.45, 7) is 0.618. The molecule has 0 radical (unpaired) electrons. The second kappa shape index (κ2) is 5.29. The van der Waals surface area contributed by atoms with Crippen LogP contribution in [0.25, 0.3) is 10.9 Å². The quantitative estimate of drug-likeness (QED) is 0.683. The monoisotopic (exact) mass is 333 g/mol. The third-order valence-electron chi connectivity index (χ3n) is 3.27. The maximum Gasteiger partial charge on any atom is 0.128 e. The number of rotatable bonds is 3. The Morgan fingerprint density at radius 3 is 2.80 bits per heavy atom. The Morgan fingerprint density at radius 2 is 2.05 bits per heavy atom. The summed E-state index contributed by atoms with van der Waals surface area (Å²) < 4.78 is 21.6. The standard InChI is InChI=1S/C16H13BrFNO/c1-20-16-4-2-3-15-14(16)5-6-19(15)10-11-7-12(17)9-13(18)8-11/h2-9H,10H2,1H3. The van der Waals surface area contributed by atoms with E-state index >= 15 is 0 Å². The van der Waals surface area contributed by atoms with Crippen molar-refractivity contribution < 1.29 is 9.13 Å². The fraction of sp³-hybridized carbons (Fsp3) is 0.125. The Kier molecular flexibility index (Phi) is 3.49. The summed E-state index contributed by atoms with van der Waals surface area (Å²) in [5.41, 5.74) is 1.99. The SMILES string of the molecule is COc1cccc2c1ccn2Cc1cc(F)cc(Br)c1. The molecule has 0 aliphatic rings. The van der Waals surface area contributed by atoms with Crippen LogP contribution >= 0.6 is 15.9 Å². The molecule has 4 heteroatoms. The lowest BCUT2D eigenvalue weighted by molar-refractivity contribution is 0.420. The summed E-state index contributed by atoms with van der Waals surface area (Å²) in [5.74, 6) is 0.616. The van der Waals surface area contributed by atoms with Crippen LogP contribution in [0.5, 0.6) is 5.75 Å². The summed E-state index contributed by atoms with van der Waals surface area (Å²) >= 11 is 3.32. The molecule has 0 saturated heterocycles. The summed E-state index contributed by atoms with van der Waals surface area (Å²) in [7, 11) is 1.66. The molecule has 0 bridgehead atoms. The van der Waals surface area contributed by atoms with Crippen LogP contribution in [0.3, 0.4) is 0 Å². The van der Waals surface area contributed by atoms with Gasteiger partial charge in [0, 0.05) is 22.6 Å². The number of methoxy groups -OCH3 is 1. The molecular weight excluding hydrogens is 321 g/mol. The highest BCUT2D eigenvalue weighted by atomic mass is 79.9. The van der Waals surface area contributed by atoms with E-state index in [-0.39, 0.29) is 5.82 Å². The van der Waals surface area contributed by atoms with Gasteiger partial charge in [0.1, 0.15) is 11.6 Å². The first-order chi connectivity index (χ1) is 9.67. The average molecular weight is 334 g/mol. The second-order valence-corrected chi connectivity index (χ2v) is 5.53. The van der Waals surface area contributed by atoms with Crippen molar-refractivity contribution in [2.24, 2.45) is 0 Å². The highest BCUT2D eigenvalue weighted by molar-refractivity contribution is 9.10. The Morgan fingerprint density at radius 1 is 1.20 bits per heavy atom. The van der Waals surface area contributed by atoms with Crippen LogP contribution < -0.4 is 4.74 Å². The van der Waals surface area contributed by atoms with Gasteiger partial charge in [-0.3, -0.25) is 0 Å². The molecule has 0 saturated carbocycles. The number of nitrogens with zero attached hydrogens (tertiary/aromatic N) is 1. The average Bonchev–Trinajstić information content (AvgIpc) is 2.81. The van der Waals surface area contributed by atoms with Gasteiger partial charge in [0.15, 0.2) is 0 Å². The van der Waals surface area contributed by atoms with Crippen molar-refractivity contribution in [3.63, 3.8) is 0 Å². The van der Waals surface area contributed by atoms with Gasteiger partial charge in [-0.1, -0.05) is 22.0 Å². The molecule has 102 valence electrons. The summed E-state index contributed by atoms with van der Waals surface area (Å²) in [5, 5.41) is 1.06. The van der Waals surface area contributed by atoms with Crippen molar-refractivity contribution >= 4 is 26.8 Å². The number of fused-ring (bicyclic) bond motifs is 1. The highest BCUT2D eigenvalue weighted by Crippen LogP contribution is 2.27. The molecule has 0 fully saturated rings. The van der Waals surface area contributed by atoms with Crippen LogP contribution in [0.15, 0.2) is 53.1 Å². The molecule has 0 atom stereocenters. The van der Waals surface area contributed by atoms with Crippen molar-refractivity contribution in [3.8, 4) is 5.75 Å². The predicted molar refractivity (Wildman–Crippen MR) is 81.7 cm³/mol. The van der Waals surface area contributed by atoms with E-state index in [0.29, 0.717) is 6.54 Å². The van der Waals surface area contributed by atoms with E-state index in [1.165, 1.54) is 6.07 Å². The van der Waals surface area contributed by atoms with Gasteiger partial charge in [-0.05, 0) is 42.0 Å². The number of hydrogen-bond acceptors (Lipinski definition) is 1. The van der Waals surface area contributed by atoms with Crippen LogP contribution in [0, 0.1) is 5.82 Å². The molecule has 2 nitrogen and oxygen atoms in total. The minimum absolute atomic E-state index is 0.233. The molecule has 3 aromatic rings. The fourth-order valence-electron chi connectivity index (χ4n) is 2.41. The van der Waals surface area contributed by atoms with Crippen molar-refractivity contribution in [1.82, 2.24) is 4.57 Å². The third kappa shape index (κ3) is 2.43. The zero-order valence-electron chi connectivity index (χ0n) is 10.9. The zero-order chi connectivity index (χ0) is 14.1. The van der Waals surface area contributed by atoms with Gasteiger partial charge in [0.25, 0.3) is 0 Å². The first-order valence-electron chi connectivity index (χ1n) is 6.24. The van der Waals surface area contributed by atoms with E-state index in [9.17, 15) is 4.39 Å². The molecule has 2 aromatic carbocycles. The van der Waals surface area contributed by atoms with Gasteiger partial charge >= 0.3 is 0 Å². The van der Waals surface area contributed by atoms with Gasteiger partial charge in [0.2, 0.25) is 0 Å². The maximum absolute atomic E-state index is 13.4. The van der Waals surface area contributed by atoms with Crippen molar-refractivity contribution in [2.75, 3.05) is 7.11 Å². The molecule has 0 spiro atoms. The zero-order valence-corrected chi connectivity index (χ0v) is 12.5. The number of benzene rings is 2. The summed E-state index contributed by atoms with van der Waals surface area (Å²) in [6, 6.07) is 12.9. The molecule has 0 amide bonds. The first-order valence-corrected chi connectivity index (χ1v) is 7.03. The summed E-state index contributed by atoms with van der Waals surface area (Å²) in [6.07, 6.45) is 1.99. The highest BCUT2D eigenvalue weighted by Gasteiger charge is 2.07. The van der Waals surface area contributed by atoms with Crippen LogP contribution in [0.2, 0.25) is 0 Å². The summed E-state index contributed by atoms with van der Waals surface area (Å²) in [4.78, 5) is 0. The van der Waals surface area contributed by atoms with E-state index in [0.717, 1.165) is 26.7 Å². The molecule has 1 aromatic heterocycles. The number of aromatic nitrogens is 1. The number of ether oxygens (including phenoxy) is 1. The van der Waals surface area contributed by atoms with E-state index in [4.69, 9.17) is 4.74 Å². The van der Waals surface area contributed by atoms with Gasteiger partial charge in [0.05, 0.1) is 12.6 Å².